The topological polar surface area (TPSA) is 44.8 Å². The smallest absolute Gasteiger partial charge is 0.341 e. The van der Waals surface area contributed by atoms with Crippen molar-refractivity contribution >= 4 is 11.5 Å². The summed E-state index contributed by atoms with van der Waals surface area (Å²) < 4.78 is 15.1. The molecule has 0 unspecified atom stereocenters. The Morgan fingerprint density at radius 2 is 1.94 bits per heavy atom. The van der Waals surface area contributed by atoms with E-state index in [0.717, 1.165) is 0 Å². The molecule has 4 nitrogen and oxygen atoms in total. The molecular weight excluding hydrogens is 232 g/mol. The molecule has 4 heteroatoms. The molecule has 0 fully saturated rings. The zero-order valence-corrected chi connectivity index (χ0v) is 10.7. The molecule has 0 atom stereocenters. The van der Waals surface area contributed by atoms with Gasteiger partial charge in [0.15, 0.2) is 0 Å². The number of hydrogen-bond acceptors (Lipinski definition) is 4. The van der Waals surface area contributed by atoms with E-state index in [1.54, 1.807) is 25.1 Å². The highest BCUT2D eigenvalue weighted by molar-refractivity contribution is 6.16. The number of benzene rings is 1. The summed E-state index contributed by atoms with van der Waals surface area (Å²) in [7, 11) is 2.78. The molecule has 0 N–H and O–H groups in total. The monoisotopic (exact) mass is 248 g/mol. The second kappa shape index (κ2) is 6.49. The van der Waals surface area contributed by atoms with Crippen molar-refractivity contribution in [2.24, 2.45) is 0 Å². The van der Waals surface area contributed by atoms with Gasteiger partial charge in [-0.25, -0.2) is 4.79 Å². The molecule has 0 saturated heterocycles. The Morgan fingerprint density at radius 3 is 2.50 bits per heavy atom. The van der Waals surface area contributed by atoms with Gasteiger partial charge in [-0.2, -0.15) is 0 Å². The number of allylic oxidation sites excluding steroid dienone is 1. The van der Waals surface area contributed by atoms with Gasteiger partial charge in [-0.1, -0.05) is 24.8 Å². The van der Waals surface area contributed by atoms with Crippen LogP contribution in [0.15, 0.2) is 42.9 Å². The van der Waals surface area contributed by atoms with Crippen molar-refractivity contribution in [3.63, 3.8) is 0 Å². The summed E-state index contributed by atoms with van der Waals surface area (Å²) in [4.78, 5) is 11.7. The third-order valence-electron chi connectivity index (χ3n) is 2.10. The van der Waals surface area contributed by atoms with Crippen molar-refractivity contribution < 1.29 is 19.0 Å². The third-order valence-corrected chi connectivity index (χ3v) is 2.10. The molecule has 18 heavy (non-hydrogen) atoms. The van der Waals surface area contributed by atoms with Gasteiger partial charge in [0.2, 0.25) is 0 Å². The zero-order chi connectivity index (χ0) is 13.5. The lowest BCUT2D eigenvalue weighted by atomic mass is 10.1. The molecule has 0 aliphatic carbocycles. The van der Waals surface area contributed by atoms with Crippen LogP contribution in [0.25, 0.3) is 5.57 Å². The summed E-state index contributed by atoms with van der Waals surface area (Å²) in [5.74, 6) is 0.567. The Balaban J connectivity index is 3.24. The Morgan fingerprint density at radius 1 is 1.28 bits per heavy atom. The van der Waals surface area contributed by atoms with E-state index >= 15 is 0 Å². The summed E-state index contributed by atoms with van der Waals surface area (Å²) in [6, 6.07) is 7.10. The maximum absolute atomic E-state index is 11.7. The highest BCUT2D eigenvalue weighted by Gasteiger charge is 2.17. The molecule has 0 aliphatic heterocycles. The fraction of sp³-hybridized carbons (Fsp3) is 0.214. The Bertz CT molecular complexity index is 474. The van der Waals surface area contributed by atoms with Gasteiger partial charge in [-0.15, -0.1) is 0 Å². The molecule has 0 spiro atoms. The van der Waals surface area contributed by atoms with Gasteiger partial charge in [0.05, 0.1) is 26.2 Å². The predicted octanol–water partition coefficient (Wildman–Crippen LogP) is 2.76. The minimum absolute atomic E-state index is 0.289. The van der Waals surface area contributed by atoms with Gasteiger partial charge in [0, 0.05) is 5.56 Å². The first-order valence-corrected chi connectivity index (χ1v) is 5.34. The number of carbonyl (C=O) groups is 1. The standard InChI is InChI=1S/C14H16O4/c1-10(2)18-13-8-6-5-7-11(13)12(9-16-3)14(15)17-4/h5-9H,1H2,2-4H3. The van der Waals surface area contributed by atoms with Crippen molar-refractivity contribution in [1.29, 1.82) is 0 Å². The molecule has 0 amide bonds. The van der Waals surface area contributed by atoms with Gasteiger partial charge in [0.25, 0.3) is 0 Å². The fourth-order valence-electron chi connectivity index (χ4n) is 1.42. The van der Waals surface area contributed by atoms with Crippen LogP contribution in [0.4, 0.5) is 0 Å². The SMILES string of the molecule is C=C(C)Oc1ccccc1C(=COC)C(=O)OC. The number of esters is 1. The normalized spacial score (nSPS) is 10.7. The highest BCUT2D eigenvalue weighted by atomic mass is 16.5. The van der Waals surface area contributed by atoms with Crippen molar-refractivity contribution in [1.82, 2.24) is 0 Å². The summed E-state index contributed by atoms with van der Waals surface area (Å²) in [6.45, 7) is 5.40. The maximum atomic E-state index is 11.7. The zero-order valence-electron chi connectivity index (χ0n) is 10.7. The summed E-state index contributed by atoms with van der Waals surface area (Å²) in [6.07, 6.45) is 1.33. The van der Waals surface area contributed by atoms with Crippen LogP contribution < -0.4 is 4.74 Å². The summed E-state index contributed by atoms with van der Waals surface area (Å²) in [5, 5.41) is 0. The van der Waals surface area contributed by atoms with Crippen molar-refractivity contribution in [3.8, 4) is 5.75 Å². The minimum Gasteiger partial charge on any atom is -0.503 e. The third kappa shape index (κ3) is 3.38. The van der Waals surface area contributed by atoms with Crippen LogP contribution in [-0.2, 0) is 14.3 Å². The number of rotatable bonds is 5. The molecule has 96 valence electrons. The van der Waals surface area contributed by atoms with Crippen LogP contribution in [0.3, 0.4) is 0 Å². The number of carbonyl (C=O) groups excluding carboxylic acids is 1. The molecule has 1 rings (SSSR count). The van der Waals surface area contributed by atoms with Crippen LogP contribution in [0, 0.1) is 0 Å². The predicted molar refractivity (Wildman–Crippen MR) is 68.9 cm³/mol. The van der Waals surface area contributed by atoms with E-state index < -0.39 is 5.97 Å². The molecule has 0 saturated carbocycles. The fourth-order valence-corrected chi connectivity index (χ4v) is 1.42. The maximum Gasteiger partial charge on any atom is 0.341 e. The lowest BCUT2D eigenvalue weighted by Gasteiger charge is -2.12. The Labute approximate surface area is 106 Å². The quantitative estimate of drug-likeness (QED) is 0.456. The lowest BCUT2D eigenvalue weighted by Crippen LogP contribution is -2.06. The highest BCUT2D eigenvalue weighted by Crippen LogP contribution is 2.28. The van der Waals surface area contributed by atoms with Crippen LogP contribution in [-0.4, -0.2) is 20.2 Å². The van der Waals surface area contributed by atoms with Crippen molar-refractivity contribution in [3.05, 3.63) is 48.4 Å². The average Bonchev–Trinajstić information content (AvgIpc) is 2.35. The van der Waals surface area contributed by atoms with Crippen LogP contribution in [0.1, 0.15) is 12.5 Å². The van der Waals surface area contributed by atoms with Crippen LogP contribution in [0.5, 0.6) is 5.75 Å². The molecule has 0 aromatic heterocycles. The lowest BCUT2D eigenvalue weighted by molar-refractivity contribution is -0.133. The van der Waals surface area contributed by atoms with Gasteiger partial charge in [-0.3, -0.25) is 0 Å². The first kappa shape index (κ1) is 13.8. The van der Waals surface area contributed by atoms with Gasteiger partial charge >= 0.3 is 5.97 Å². The van der Waals surface area contributed by atoms with E-state index in [4.69, 9.17) is 14.2 Å². The molecular formula is C14H16O4. The van der Waals surface area contributed by atoms with Gasteiger partial charge in [-0.05, 0) is 13.0 Å². The van der Waals surface area contributed by atoms with Crippen LogP contribution in [0.2, 0.25) is 0 Å². The Hall–Kier alpha value is -2.23. The number of para-hydroxylation sites is 1. The molecule has 0 radical (unpaired) electrons. The Kier molecular flexibility index (Phi) is 4.99. The largest absolute Gasteiger partial charge is 0.503 e. The molecule has 1 aromatic carbocycles. The second-order valence-corrected chi connectivity index (χ2v) is 3.56. The van der Waals surface area contributed by atoms with E-state index in [9.17, 15) is 4.79 Å². The van der Waals surface area contributed by atoms with Crippen molar-refractivity contribution in [2.45, 2.75) is 6.92 Å². The number of hydrogen-bond donors (Lipinski definition) is 0. The van der Waals surface area contributed by atoms with Gasteiger partial charge < -0.3 is 14.2 Å². The van der Waals surface area contributed by atoms with Crippen molar-refractivity contribution in [2.75, 3.05) is 14.2 Å². The molecule has 0 aliphatic rings. The second-order valence-electron chi connectivity index (χ2n) is 3.56. The minimum atomic E-state index is -0.491. The molecule has 1 aromatic rings. The van der Waals surface area contributed by atoms with E-state index in [1.165, 1.54) is 20.5 Å². The van der Waals surface area contributed by atoms with E-state index in [2.05, 4.69) is 6.58 Å². The van der Waals surface area contributed by atoms with Gasteiger partial charge in [0.1, 0.15) is 11.3 Å². The average molecular weight is 248 g/mol. The number of methoxy groups -OCH3 is 2. The molecule has 0 heterocycles. The number of ether oxygens (including phenoxy) is 3. The first-order chi connectivity index (χ1) is 8.60. The summed E-state index contributed by atoms with van der Waals surface area (Å²) in [5.41, 5.74) is 0.881. The summed E-state index contributed by atoms with van der Waals surface area (Å²) >= 11 is 0. The first-order valence-electron chi connectivity index (χ1n) is 5.34. The van der Waals surface area contributed by atoms with Crippen LogP contribution >= 0.6 is 0 Å². The van der Waals surface area contributed by atoms with E-state index in [1.807, 2.05) is 6.07 Å². The van der Waals surface area contributed by atoms with E-state index in [-0.39, 0.29) is 5.57 Å². The van der Waals surface area contributed by atoms with E-state index in [0.29, 0.717) is 17.1 Å². The molecule has 0 bridgehead atoms.